The number of thiazole rings is 1. The van der Waals surface area contributed by atoms with Crippen molar-refractivity contribution in [1.29, 1.82) is 5.26 Å². The summed E-state index contributed by atoms with van der Waals surface area (Å²) in [7, 11) is 0. The van der Waals surface area contributed by atoms with E-state index in [-0.39, 0.29) is 11.9 Å². The Morgan fingerprint density at radius 3 is 2.50 bits per heavy atom. The molecule has 1 fully saturated rings. The zero-order valence-electron chi connectivity index (χ0n) is 12.2. The van der Waals surface area contributed by atoms with E-state index in [1.165, 1.54) is 11.3 Å². The average molecular weight is 292 g/mol. The highest BCUT2D eigenvalue weighted by Gasteiger charge is 2.27. The fraction of sp³-hybridized carbons (Fsp3) is 0.643. The molecule has 0 aliphatic carbocycles. The molecule has 1 aromatic heterocycles. The monoisotopic (exact) mass is 292 g/mol. The summed E-state index contributed by atoms with van der Waals surface area (Å²) in [5.74, 6) is 0.0813. The topological polar surface area (TPSA) is 60.2 Å². The minimum Gasteiger partial charge on any atom is -0.335 e. The largest absolute Gasteiger partial charge is 0.335 e. The van der Waals surface area contributed by atoms with Gasteiger partial charge in [-0.05, 0) is 20.3 Å². The van der Waals surface area contributed by atoms with E-state index in [4.69, 9.17) is 5.26 Å². The van der Waals surface area contributed by atoms with Gasteiger partial charge in [-0.15, -0.1) is 11.3 Å². The Morgan fingerprint density at radius 2 is 2.05 bits per heavy atom. The van der Waals surface area contributed by atoms with Crippen molar-refractivity contribution in [3.8, 4) is 6.07 Å². The second kappa shape index (κ2) is 6.33. The van der Waals surface area contributed by atoms with Crippen LogP contribution in [0.5, 0.6) is 0 Å². The van der Waals surface area contributed by atoms with Crippen molar-refractivity contribution in [2.75, 3.05) is 26.2 Å². The third-order valence-corrected chi connectivity index (χ3v) is 4.74. The molecule has 108 valence electrons. The van der Waals surface area contributed by atoms with Crippen LogP contribution < -0.4 is 0 Å². The standard InChI is InChI=1S/C14H20N4OS/c1-4-12(9-15)17-5-7-18(8-6-17)14(19)13-10(2)16-11(3)20-13/h12H,4-8H2,1-3H3. The van der Waals surface area contributed by atoms with Crippen LogP contribution in [0.4, 0.5) is 0 Å². The van der Waals surface area contributed by atoms with Gasteiger partial charge in [-0.3, -0.25) is 9.69 Å². The maximum Gasteiger partial charge on any atom is 0.265 e. The van der Waals surface area contributed by atoms with E-state index in [9.17, 15) is 4.79 Å². The first-order chi connectivity index (χ1) is 9.56. The summed E-state index contributed by atoms with van der Waals surface area (Å²) in [4.78, 5) is 21.6. The van der Waals surface area contributed by atoms with Gasteiger partial charge >= 0.3 is 0 Å². The Bertz CT molecular complexity index is 526. The van der Waals surface area contributed by atoms with Crippen LogP contribution >= 0.6 is 11.3 Å². The number of nitrogens with zero attached hydrogens (tertiary/aromatic N) is 4. The van der Waals surface area contributed by atoms with Gasteiger partial charge in [-0.25, -0.2) is 4.98 Å². The molecule has 6 heteroatoms. The molecule has 1 atom stereocenters. The highest BCUT2D eigenvalue weighted by atomic mass is 32.1. The lowest BCUT2D eigenvalue weighted by Gasteiger charge is -2.36. The second-order valence-electron chi connectivity index (χ2n) is 5.03. The number of carbonyl (C=O) groups excluding carboxylic acids is 1. The molecule has 2 rings (SSSR count). The maximum atomic E-state index is 12.5. The highest BCUT2D eigenvalue weighted by molar-refractivity contribution is 7.13. The third-order valence-electron chi connectivity index (χ3n) is 3.68. The van der Waals surface area contributed by atoms with Gasteiger partial charge < -0.3 is 4.90 Å². The number of amides is 1. The number of nitriles is 1. The molecule has 0 spiro atoms. The molecular formula is C14H20N4OS. The zero-order chi connectivity index (χ0) is 14.7. The van der Waals surface area contributed by atoms with Gasteiger partial charge in [0.15, 0.2) is 0 Å². The molecule has 5 nitrogen and oxygen atoms in total. The molecule has 1 amide bonds. The van der Waals surface area contributed by atoms with Gasteiger partial charge in [0, 0.05) is 26.2 Å². The summed E-state index contributed by atoms with van der Waals surface area (Å²) in [5.41, 5.74) is 0.823. The Labute approximate surface area is 123 Å². The van der Waals surface area contributed by atoms with Crippen molar-refractivity contribution in [2.45, 2.75) is 33.2 Å². The van der Waals surface area contributed by atoms with Gasteiger partial charge in [-0.1, -0.05) is 6.92 Å². The number of hydrogen-bond donors (Lipinski definition) is 0. The van der Waals surface area contributed by atoms with Crippen molar-refractivity contribution in [3.05, 3.63) is 15.6 Å². The Hall–Kier alpha value is -1.45. The van der Waals surface area contributed by atoms with Gasteiger partial charge in [0.2, 0.25) is 0 Å². The van der Waals surface area contributed by atoms with Gasteiger partial charge in [0.25, 0.3) is 5.91 Å². The quantitative estimate of drug-likeness (QED) is 0.852. The number of rotatable bonds is 3. The Balaban J connectivity index is 1.99. The molecule has 0 radical (unpaired) electrons. The highest BCUT2D eigenvalue weighted by Crippen LogP contribution is 2.20. The first kappa shape index (κ1) is 14.9. The molecule has 20 heavy (non-hydrogen) atoms. The lowest BCUT2D eigenvalue weighted by Crippen LogP contribution is -2.51. The second-order valence-corrected chi connectivity index (χ2v) is 6.23. The Morgan fingerprint density at radius 1 is 1.40 bits per heavy atom. The van der Waals surface area contributed by atoms with Crippen molar-refractivity contribution in [3.63, 3.8) is 0 Å². The molecule has 1 saturated heterocycles. The van der Waals surface area contributed by atoms with Crippen LogP contribution in [0.2, 0.25) is 0 Å². The van der Waals surface area contributed by atoms with E-state index >= 15 is 0 Å². The van der Waals surface area contributed by atoms with Gasteiger partial charge in [0.1, 0.15) is 4.88 Å². The molecule has 1 unspecified atom stereocenters. The van der Waals surface area contributed by atoms with Gasteiger partial charge in [0.05, 0.1) is 22.8 Å². The number of aromatic nitrogens is 1. The van der Waals surface area contributed by atoms with E-state index < -0.39 is 0 Å². The molecule has 0 aromatic carbocycles. The van der Waals surface area contributed by atoms with Crippen LogP contribution in [0, 0.1) is 25.2 Å². The van der Waals surface area contributed by atoms with Gasteiger partial charge in [-0.2, -0.15) is 5.26 Å². The van der Waals surface area contributed by atoms with Crippen LogP contribution in [0.3, 0.4) is 0 Å². The lowest BCUT2D eigenvalue weighted by molar-refractivity contribution is 0.0608. The minimum absolute atomic E-state index is 0.0281. The van der Waals surface area contributed by atoms with E-state index in [0.29, 0.717) is 13.1 Å². The van der Waals surface area contributed by atoms with E-state index in [2.05, 4.69) is 16.0 Å². The first-order valence-electron chi connectivity index (χ1n) is 6.93. The summed E-state index contributed by atoms with van der Waals surface area (Å²) in [5, 5.41) is 10.0. The predicted molar refractivity (Wildman–Crippen MR) is 78.8 cm³/mol. The van der Waals surface area contributed by atoms with E-state index in [1.54, 1.807) is 0 Å². The normalized spacial score (nSPS) is 17.8. The molecule has 0 bridgehead atoms. The fourth-order valence-electron chi connectivity index (χ4n) is 2.54. The predicted octanol–water partition coefficient (Wildman–Crippen LogP) is 1.82. The van der Waals surface area contributed by atoms with Crippen LogP contribution in [-0.2, 0) is 0 Å². The molecule has 1 aliphatic heterocycles. The molecule has 0 saturated carbocycles. The molecule has 0 N–H and O–H groups in total. The first-order valence-corrected chi connectivity index (χ1v) is 7.75. The van der Waals surface area contributed by atoms with E-state index in [0.717, 1.165) is 35.1 Å². The summed E-state index contributed by atoms with van der Waals surface area (Å²) in [6.07, 6.45) is 0.831. The number of hydrogen-bond acceptors (Lipinski definition) is 5. The zero-order valence-corrected chi connectivity index (χ0v) is 13.0. The average Bonchev–Trinajstić information content (AvgIpc) is 2.79. The van der Waals surface area contributed by atoms with Crippen molar-refractivity contribution in [1.82, 2.24) is 14.8 Å². The minimum atomic E-state index is -0.0281. The van der Waals surface area contributed by atoms with Crippen molar-refractivity contribution in [2.24, 2.45) is 0 Å². The number of piperazine rings is 1. The van der Waals surface area contributed by atoms with Crippen LogP contribution in [0.15, 0.2) is 0 Å². The van der Waals surface area contributed by atoms with Crippen molar-refractivity contribution >= 4 is 17.2 Å². The summed E-state index contributed by atoms with van der Waals surface area (Å²) in [6.45, 7) is 8.75. The summed E-state index contributed by atoms with van der Waals surface area (Å²) < 4.78 is 0. The molecule has 1 aromatic rings. The van der Waals surface area contributed by atoms with Crippen molar-refractivity contribution < 1.29 is 4.79 Å². The molecule has 2 heterocycles. The smallest absolute Gasteiger partial charge is 0.265 e. The maximum absolute atomic E-state index is 12.5. The summed E-state index contributed by atoms with van der Waals surface area (Å²) >= 11 is 1.46. The van der Waals surface area contributed by atoms with E-state index in [1.807, 2.05) is 25.7 Å². The SMILES string of the molecule is CCC(C#N)N1CCN(C(=O)c2sc(C)nc2C)CC1. The lowest BCUT2D eigenvalue weighted by atomic mass is 10.2. The van der Waals surface area contributed by atoms with Crippen LogP contribution in [-0.4, -0.2) is 52.9 Å². The number of aryl methyl sites for hydroxylation is 2. The van der Waals surface area contributed by atoms with Crippen LogP contribution in [0.25, 0.3) is 0 Å². The van der Waals surface area contributed by atoms with Crippen LogP contribution in [0.1, 0.15) is 33.7 Å². The summed E-state index contributed by atoms with van der Waals surface area (Å²) in [6, 6.07) is 2.30. The number of carbonyl (C=O) groups is 1. The molecule has 1 aliphatic rings. The third kappa shape index (κ3) is 3.00. The molecular weight excluding hydrogens is 272 g/mol. The fourth-order valence-corrected chi connectivity index (χ4v) is 3.43. The Kier molecular flexibility index (Phi) is 4.73.